The fourth-order valence-corrected chi connectivity index (χ4v) is 2.94. The fraction of sp³-hybridized carbons (Fsp3) is 0.588. The minimum Gasteiger partial charge on any atom is -0.448 e. The average Bonchev–Trinajstić information content (AvgIpc) is 3.04. The molecule has 0 aromatic carbocycles. The standard InChI is InChI=1S/C17H26N6O/c1-13(2)16-14(19-12-24-16)11-22-7-9-23(10-8-22)15-5-6-18-17(20-15)21(3)4/h5-6,12-13H,7-11H2,1-4H3. The van der Waals surface area contributed by atoms with Crippen LogP contribution in [0.15, 0.2) is 23.1 Å². The zero-order valence-corrected chi connectivity index (χ0v) is 14.9. The summed E-state index contributed by atoms with van der Waals surface area (Å²) >= 11 is 0. The molecular weight excluding hydrogens is 304 g/mol. The van der Waals surface area contributed by atoms with Gasteiger partial charge in [0.25, 0.3) is 0 Å². The van der Waals surface area contributed by atoms with Crippen LogP contribution in [0.4, 0.5) is 11.8 Å². The molecule has 7 heteroatoms. The van der Waals surface area contributed by atoms with Gasteiger partial charge in [-0.3, -0.25) is 4.90 Å². The third-order valence-corrected chi connectivity index (χ3v) is 4.29. The van der Waals surface area contributed by atoms with Gasteiger partial charge in [-0.05, 0) is 6.07 Å². The van der Waals surface area contributed by atoms with Gasteiger partial charge in [0.2, 0.25) is 5.95 Å². The Kier molecular flexibility index (Phi) is 4.99. The van der Waals surface area contributed by atoms with Crippen molar-refractivity contribution in [3.8, 4) is 0 Å². The van der Waals surface area contributed by atoms with Crippen LogP contribution < -0.4 is 9.80 Å². The summed E-state index contributed by atoms with van der Waals surface area (Å²) in [6.07, 6.45) is 3.39. The lowest BCUT2D eigenvalue weighted by atomic mass is 10.1. The molecule has 0 N–H and O–H groups in total. The van der Waals surface area contributed by atoms with E-state index in [-0.39, 0.29) is 0 Å². The van der Waals surface area contributed by atoms with E-state index in [0.717, 1.165) is 55.9 Å². The van der Waals surface area contributed by atoms with Crippen molar-refractivity contribution in [1.29, 1.82) is 0 Å². The van der Waals surface area contributed by atoms with Crippen molar-refractivity contribution in [3.63, 3.8) is 0 Å². The Morgan fingerprint density at radius 2 is 1.92 bits per heavy atom. The second-order valence-electron chi connectivity index (χ2n) is 6.69. The van der Waals surface area contributed by atoms with Crippen molar-refractivity contribution in [1.82, 2.24) is 19.9 Å². The smallest absolute Gasteiger partial charge is 0.226 e. The van der Waals surface area contributed by atoms with Gasteiger partial charge < -0.3 is 14.2 Å². The van der Waals surface area contributed by atoms with E-state index < -0.39 is 0 Å². The number of nitrogens with zero attached hydrogens (tertiary/aromatic N) is 6. The summed E-state index contributed by atoms with van der Waals surface area (Å²) in [5.41, 5.74) is 1.07. The van der Waals surface area contributed by atoms with Crippen LogP contribution in [-0.2, 0) is 6.54 Å². The van der Waals surface area contributed by atoms with Gasteiger partial charge in [0.15, 0.2) is 6.39 Å². The quantitative estimate of drug-likeness (QED) is 0.830. The van der Waals surface area contributed by atoms with Crippen LogP contribution in [0.25, 0.3) is 0 Å². The topological polar surface area (TPSA) is 61.5 Å². The molecule has 24 heavy (non-hydrogen) atoms. The third-order valence-electron chi connectivity index (χ3n) is 4.29. The molecule has 2 aromatic rings. The summed E-state index contributed by atoms with van der Waals surface area (Å²) in [4.78, 5) is 20.0. The van der Waals surface area contributed by atoms with Gasteiger partial charge in [-0.2, -0.15) is 4.98 Å². The van der Waals surface area contributed by atoms with Gasteiger partial charge in [0, 0.05) is 58.9 Å². The first kappa shape index (κ1) is 16.7. The zero-order chi connectivity index (χ0) is 17.1. The number of hydrogen-bond donors (Lipinski definition) is 0. The van der Waals surface area contributed by atoms with E-state index in [0.29, 0.717) is 5.92 Å². The lowest BCUT2D eigenvalue weighted by Gasteiger charge is -2.35. The second-order valence-corrected chi connectivity index (χ2v) is 6.69. The molecule has 0 atom stereocenters. The van der Waals surface area contributed by atoms with E-state index in [2.05, 4.69) is 38.6 Å². The fourth-order valence-electron chi connectivity index (χ4n) is 2.94. The number of piperazine rings is 1. The summed E-state index contributed by atoms with van der Waals surface area (Å²) < 4.78 is 5.52. The first-order valence-corrected chi connectivity index (χ1v) is 8.44. The lowest BCUT2D eigenvalue weighted by Crippen LogP contribution is -2.46. The Morgan fingerprint density at radius 3 is 2.58 bits per heavy atom. The highest BCUT2D eigenvalue weighted by Gasteiger charge is 2.21. The molecular formula is C17H26N6O. The number of aromatic nitrogens is 3. The van der Waals surface area contributed by atoms with Crippen LogP contribution in [-0.4, -0.2) is 60.1 Å². The molecule has 0 unspecified atom stereocenters. The average molecular weight is 330 g/mol. The van der Waals surface area contributed by atoms with E-state index in [1.165, 1.54) is 0 Å². The van der Waals surface area contributed by atoms with Crippen molar-refractivity contribution < 1.29 is 4.42 Å². The van der Waals surface area contributed by atoms with Gasteiger partial charge in [-0.25, -0.2) is 9.97 Å². The van der Waals surface area contributed by atoms with Crippen LogP contribution in [0.1, 0.15) is 31.2 Å². The summed E-state index contributed by atoms with van der Waals surface area (Å²) in [5.74, 6) is 3.12. The van der Waals surface area contributed by atoms with Gasteiger partial charge in [-0.15, -0.1) is 0 Å². The SMILES string of the molecule is CC(C)c1ocnc1CN1CCN(c2ccnc(N(C)C)n2)CC1. The second kappa shape index (κ2) is 7.17. The van der Waals surface area contributed by atoms with Crippen LogP contribution in [0.2, 0.25) is 0 Å². The molecule has 2 aromatic heterocycles. The maximum atomic E-state index is 5.52. The Morgan fingerprint density at radius 1 is 1.17 bits per heavy atom. The number of anilines is 2. The van der Waals surface area contributed by atoms with Crippen molar-refractivity contribution >= 4 is 11.8 Å². The molecule has 0 spiro atoms. The Bertz CT molecular complexity index is 661. The van der Waals surface area contributed by atoms with E-state index in [9.17, 15) is 0 Å². The third kappa shape index (κ3) is 3.67. The van der Waals surface area contributed by atoms with E-state index in [1.54, 1.807) is 6.39 Å². The monoisotopic (exact) mass is 330 g/mol. The van der Waals surface area contributed by atoms with Crippen LogP contribution in [0.5, 0.6) is 0 Å². The summed E-state index contributed by atoms with van der Waals surface area (Å²) in [6.45, 7) is 9.03. The highest BCUT2D eigenvalue weighted by atomic mass is 16.3. The van der Waals surface area contributed by atoms with Gasteiger partial charge in [0.1, 0.15) is 11.6 Å². The summed E-state index contributed by atoms with van der Waals surface area (Å²) in [7, 11) is 3.92. The Labute approximate surface area is 143 Å². The van der Waals surface area contributed by atoms with Crippen LogP contribution in [0.3, 0.4) is 0 Å². The zero-order valence-electron chi connectivity index (χ0n) is 14.9. The maximum absolute atomic E-state index is 5.52. The maximum Gasteiger partial charge on any atom is 0.226 e. The molecule has 1 saturated heterocycles. The molecule has 1 aliphatic heterocycles. The highest BCUT2D eigenvalue weighted by molar-refractivity contribution is 5.43. The molecule has 0 bridgehead atoms. The molecule has 0 amide bonds. The predicted molar refractivity (Wildman–Crippen MR) is 94.4 cm³/mol. The molecule has 1 aliphatic rings. The molecule has 0 radical (unpaired) electrons. The molecule has 0 aliphatic carbocycles. The lowest BCUT2D eigenvalue weighted by molar-refractivity contribution is 0.245. The van der Waals surface area contributed by atoms with Crippen molar-refractivity contribution in [2.24, 2.45) is 0 Å². The number of oxazole rings is 1. The van der Waals surface area contributed by atoms with Crippen molar-refractivity contribution in [2.75, 3.05) is 50.1 Å². The molecule has 3 heterocycles. The van der Waals surface area contributed by atoms with E-state index >= 15 is 0 Å². The minimum absolute atomic E-state index is 0.370. The predicted octanol–water partition coefficient (Wildman–Crippen LogP) is 1.98. The molecule has 7 nitrogen and oxygen atoms in total. The minimum atomic E-state index is 0.370. The van der Waals surface area contributed by atoms with E-state index in [4.69, 9.17) is 4.42 Å². The van der Waals surface area contributed by atoms with Crippen molar-refractivity contribution in [3.05, 3.63) is 30.1 Å². The van der Waals surface area contributed by atoms with Gasteiger partial charge >= 0.3 is 0 Å². The Hall–Kier alpha value is -2.15. The van der Waals surface area contributed by atoms with Gasteiger partial charge in [0.05, 0.1) is 5.69 Å². The van der Waals surface area contributed by atoms with Crippen LogP contribution >= 0.6 is 0 Å². The number of hydrogen-bond acceptors (Lipinski definition) is 7. The van der Waals surface area contributed by atoms with Crippen LogP contribution in [0, 0.1) is 0 Å². The summed E-state index contributed by atoms with van der Waals surface area (Å²) in [6, 6.07) is 1.98. The molecule has 3 rings (SSSR count). The Balaban J connectivity index is 1.60. The van der Waals surface area contributed by atoms with Gasteiger partial charge in [-0.1, -0.05) is 13.8 Å². The molecule has 0 saturated carbocycles. The first-order valence-electron chi connectivity index (χ1n) is 8.44. The largest absolute Gasteiger partial charge is 0.448 e. The normalized spacial score (nSPS) is 16.0. The van der Waals surface area contributed by atoms with Crippen molar-refractivity contribution in [2.45, 2.75) is 26.3 Å². The summed E-state index contributed by atoms with van der Waals surface area (Å²) in [5, 5.41) is 0. The number of rotatable bonds is 5. The van der Waals surface area contributed by atoms with E-state index in [1.807, 2.05) is 31.3 Å². The highest BCUT2D eigenvalue weighted by Crippen LogP contribution is 2.21. The first-order chi connectivity index (χ1) is 11.5. The molecule has 1 fully saturated rings. The molecule has 130 valence electrons.